The maximum Gasteiger partial charge on any atom is 0.343 e. The molecule has 0 saturated carbocycles. The zero-order valence-electron chi connectivity index (χ0n) is 20.0. The van der Waals surface area contributed by atoms with E-state index in [2.05, 4.69) is 31.8 Å². The summed E-state index contributed by atoms with van der Waals surface area (Å²) in [7, 11) is 0. The van der Waals surface area contributed by atoms with E-state index in [0.717, 1.165) is 0 Å². The molecular formula is C28H19BrN4O6. The predicted octanol–water partition coefficient (Wildman–Crippen LogP) is 5.59. The Morgan fingerprint density at radius 2 is 1.54 bits per heavy atom. The largest absolute Gasteiger partial charge is 0.422 e. The molecule has 0 heterocycles. The zero-order chi connectivity index (χ0) is 27.8. The maximum absolute atomic E-state index is 12.9. The number of rotatable bonds is 8. The van der Waals surface area contributed by atoms with Crippen LogP contribution in [0.5, 0.6) is 5.75 Å². The first kappa shape index (κ1) is 26.9. The van der Waals surface area contributed by atoms with Crippen LogP contribution in [0, 0.1) is 10.1 Å². The first-order chi connectivity index (χ1) is 18.8. The molecule has 0 spiro atoms. The number of non-ortho nitro benzene ring substituents is 1. The predicted molar refractivity (Wildman–Crippen MR) is 148 cm³/mol. The van der Waals surface area contributed by atoms with Crippen LogP contribution in [0.1, 0.15) is 36.6 Å². The molecular weight excluding hydrogens is 568 g/mol. The summed E-state index contributed by atoms with van der Waals surface area (Å²) in [6.07, 6.45) is 1.33. The third-order valence-corrected chi connectivity index (χ3v) is 5.81. The summed E-state index contributed by atoms with van der Waals surface area (Å²) >= 11 is 3.36. The number of ether oxygens (including phenoxy) is 1. The second-order valence-electron chi connectivity index (χ2n) is 7.94. The Kier molecular flexibility index (Phi) is 8.54. The summed E-state index contributed by atoms with van der Waals surface area (Å²) in [6, 6.07) is 24.8. The van der Waals surface area contributed by atoms with Gasteiger partial charge in [-0.2, -0.15) is 5.10 Å². The molecule has 2 N–H and O–H groups in total. The molecule has 2 amide bonds. The number of benzene rings is 4. The number of nitro groups is 1. The van der Waals surface area contributed by atoms with Gasteiger partial charge in [0.1, 0.15) is 5.75 Å². The molecule has 10 nitrogen and oxygen atoms in total. The lowest BCUT2D eigenvalue weighted by Gasteiger charge is -2.10. The van der Waals surface area contributed by atoms with Gasteiger partial charge in [0.15, 0.2) is 0 Å². The Labute approximate surface area is 230 Å². The minimum absolute atomic E-state index is 0.134. The van der Waals surface area contributed by atoms with Crippen LogP contribution >= 0.6 is 15.9 Å². The molecule has 0 aliphatic carbocycles. The van der Waals surface area contributed by atoms with Crippen LogP contribution in [0.25, 0.3) is 0 Å². The molecule has 4 aromatic carbocycles. The van der Waals surface area contributed by atoms with Gasteiger partial charge < -0.3 is 10.1 Å². The van der Waals surface area contributed by atoms with Gasteiger partial charge in [-0.15, -0.1) is 0 Å². The van der Waals surface area contributed by atoms with E-state index in [1.54, 1.807) is 60.7 Å². The van der Waals surface area contributed by atoms with Gasteiger partial charge >= 0.3 is 5.97 Å². The molecule has 0 fully saturated rings. The number of carbonyl (C=O) groups excluding carboxylic acids is 3. The normalized spacial score (nSPS) is 10.6. The second kappa shape index (κ2) is 12.4. The van der Waals surface area contributed by atoms with Gasteiger partial charge in [0.05, 0.1) is 28.0 Å². The zero-order valence-corrected chi connectivity index (χ0v) is 21.6. The molecule has 0 radical (unpaired) electrons. The van der Waals surface area contributed by atoms with Gasteiger partial charge in [0.25, 0.3) is 17.5 Å². The highest BCUT2D eigenvalue weighted by molar-refractivity contribution is 9.10. The van der Waals surface area contributed by atoms with E-state index in [9.17, 15) is 24.5 Å². The molecule has 0 aliphatic heterocycles. The van der Waals surface area contributed by atoms with Crippen molar-refractivity contribution in [3.05, 3.63) is 134 Å². The van der Waals surface area contributed by atoms with Crippen LogP contribution < -0.4 is 15.5 Å². The molecule has 0 atom stereocenters. The number of nitro benzene ring substituents is 1. The Morgan fingerprint density at radius 3 is 2.26 bits per heavy atom. The van der Waals surface area contributed by atoms with E-state index < -0.39 is 22.7 Å². The number of nitrogens with one attached hydrogen (secondary N) is 2. The van der Waals surface area contributed by atoms with Crippen LogP contribution in [0.3, 0.4) is 0 Å². The number of carbonyl (C=O) groups is 3. The topological polar surface area (TPSA) is 140 Å². The third-order valence-electron chi connectivity index (χ3n) is 5.31. The van der Waals surface area contributed by atoms with Gasteiger partial charge in [0.2, 0.25) is 0 Å². The first-order valence-electron chi connectivity index (χ1n) is 11.4. The number of halogens is 1. The number of anilines is 1. The van der Waals surface area contributed by atoms with Crippen molar-refractivity contribution in [3.63, 3.8) is 0 Å². The van der Waals surface area contributed by atoms with Gasteiger partial charge in [-0.3, -0.25) is 19.7 Å². The van der Waals surface area contributed by atoms with Crippen LogP contribution in [0.2, 0.25) is 0 Å². The monoisotopic (exact) mass is 586 g/mol. The van der Waals surface area contributed by atoms with Gasteiger partial charge in [-0.05, 0) is 54.6 Å². The Bertz CT molecular complexity index is 1570. The smallest absolute Gasteiger partial charge is 0.343 e. The third kappa shape index (κ3) is 6.99. The number of hydrogen-bond acceptors (Lipinski definition) is 7. The first-order valence-corrected chi connectivity index (χ1v) is 12.2. The second-order valence-corrected chi connectivity index (χ2v) is 8.86. The minimum Gasteiger partial charge on any atom is -0.422 e. The summed E-state index contributed by atoms with van der Waals surface area (Å²) in [5.74, 6) is -1.47. The van der Waals surface area contributed by atoms with Crippen LogP contribution in [-0.4, -0.2) is 28.9 Å². The Morgan fingerprint density at radius 1 is 0.846 bits per heavy atom. The van der Waals surface area contributed by atoms with E-state index in [0.29, 0.717) is 15.6 Å². The lowest BCUT2D eigenvalue weighted by molar-refractivity contribution is -0.384. The molecule has 0 aromatic heterocycles. The van der Waals surface area contributed by atoms with Crippen molar-refractivity contribution in [2.45, 2.75) is 0 Å². The number of hydrogen-bond donors (Lipinski definition) is 2. The molecule has 39 heavy (non-hydrogen) atoms. The van der Waals surface area contributed by atoms with Crippen LogP contribution in [0.15, 0.2) is 107 Å². The van der Waals surface area contributed by atoms with E-state index in [1.165, 1.54) is 42.6 Å². The highest BCUT2D eigenvalue weighted by Gasteiger charge is 2.15. The number of para-hydroxylation sites is 1. The highest BCUT2D eigenvalue weighted by atomic mass is 79.9. The Hall–Kier alpha value is -5.16. The molecule has 0 unspecified atom stereocenters. The van der Waals surface area contributed by atoms with Crippen molar-refractivity contribution < 1.29 is 24.0 Å². The maximum atomic E-state index is 12.9. The summed E-state index contributed by atoms with van der Waals surface area (Å²) < 4.78 is 6.21. The van der Waals surface area contributed by atoms with Gasteiger partial charge in [-0.25, -0.2) is 10.2 Å². The average molecular weight is 587 g/mol. The van der Waals surface area contributed by atoms with Crippen LogP contribution in [-0.2, 0) is 0 Å². The van der Waals surface area contributed by atoms with Crippen molar-refractivity contribution in [2.24, 2.45) is 5.10 Å². The molecule has 194 valence electrons. The van der Waals surface area contributed by atoms with Crippen molar-refractivity contribution >= 4 is 51.3 Å². The number of esters is 1. The molecule has 0 saturated heterocycles. The lowest BCUT2D eigenvalue weighted by atomic mass is 10.1. The standard InChI is InChI=1S/C28H19BrN4O6/c29-21-12-15-25(39-28(36)19-6-2-1-3-7-19)20(16-21)17-30-32-27(35)23-8-4-5-9-24(23)31-26(34)18-10-13-22(14-11-18)33(37)38/h1-17H,(H,31,34)(H,32,35)/b30-17-. The fraction of sp³-hybridized carbons (Fsp3) is 0. The molecule has 4 aromatic rings. The molecule has 0 aliphatic rings. The minimum atomic E-state index is -0.608. The number of amides is 2. The summed E-state index contributed by atoms with van der Waals surface area (Å²) in [6.45, 7) is 0. The van der Waals surface area contributed by atoms with Crippen LogP contribution in [0.4, 0.5) is 11.4 Å². The van der Waals surface area contributed by atoms with Gasteiger partial charge in [0, 0.05) is 27.7 Å². The summed E-state index contributed by atoms with van der Waals surface area (Å²) in [5, 5.41) is 17.5. The molecule has 4 rings (SSSR count). The number of nitrogens with zero attached hydrogens (tertiary/aromatic N) is 2. The van der Waals surface area contributed by atoms with E-state index in [-0.39, 0.29) is 28.3 Å². The lowest BCUT2D eigenvalue weighted by Crippen LogP contribution is -2.21. The fourth-order valence-electron chi connectivity index (χ4n) is 3.39. The van der Waals surface area contributed by atoms with Crippen molar-refractivity contribution in [1.29, 1.82) is 0 Å². The summed E-state index contributed by atoms with van der Waals surface area (Å²) in [5.41, 5.74) is 3.59. The highest BCUT2D eigenvalue weighted by Crippen LogP contribution is 2.23. The Balaban J connectivity index is 1.46. The SMILES string of the molecule is O=C(Nc1ccccc1C(=O)N/N=C\c1cc(Br)ccc1OC(=O)c1ccccc1)c1ccc([N+](=O)[O-])cc1. The quantitative estimate of drug-likeness (QED) is 0.0906. The molecule has 11 heteroatoms. The van der Waals surface area contributed by atoms with Gasteiger partial charge in [-0.1, -0.05) is 46.3 Å². The molecule has 0 bridgehead atoms. The van der Waals surface area contributed by atoms with E-state index in [1.807, 2.05) is 0 Å². The van der Waals surface area contributed by atoms with Crippen molar-refractivity contribution in [3.8, 4) is 5.75 Å². The van der Waals surface area contributed by atoms with Crippen molar-refractivity contribution in [2.75, 3.05) is 5.32 Å². The van der Waals surface area contributed by atoms with Crippen molar-refractivity contribution in [1.82, 2.24) is 5.43 Å². The average Bonchev–Trinajstić information content (AvgIpc) is 2.95. The fourth-order valence-corrected chi connectivity index (χ4v) is 3.76. The summed E-state index contributed by atoms with van der Waals surface area (Å²) in [4.78, 5) is 48.3. The van der Waals surface area contributed by atoms with E-state index in [4.69, 9.17) is 4.74 Å². The van der Waals surface area contributed by atoms with E-state index >= 15 is 0 Å². The number of hydrazone groups is 1.